The Hall–Kier alpha value is -2.04. The minimum atomic E-state index is 0.313. The maximum absolute atomic E-state index is 9.39. The first-order valence-corrected chi connectivity index (χ1v) is 5.04. The van der Waals surface area contributed by atoms with Crippen LogP contribution >= 0.6 is 0 Å². The zero-order valence-electron chi connectivity index (χ0n) is 9.31. The summed E-state index contributed by atoms with van der Waals surface area (Å²) in [5.74, 6) is 0.313. The van der Waals surface area contributed by atoms with Crippen molar-refractivity contribution in [3.8, 4) is 5.75 Å². The Balaban J connectivity index is 2.05. The summed E-state index contributed by atoms with van der Waals surface area (Å²) in [4.78, 5) is 0. The lowest BCUT2D eigenvalue weighted by atomic mass is 10.2. The molecule has 0 radical (unpaired) electrons. The fourth-order valence-electron chi connectivity index (χ4n) is 1.43. The molecule has 0 aliphatic rings. The van der Waals surface area contributed by atoms with Crippen LogP contribution in [0.3, 0.4) is 0 Å². The molecular formula is C11H14N4O. The van der Waals surface area contributed by atoms with Crippen molar-refractivity contribution in [3.63, 3.8) is 0 Å². The molecule has 84 valence electrons. The van der Waals surface area contributed by atoms with Gasteiger partial charge in [0.1, 0.15) is 5.75 Å². The standard InChI is InChI=1S/C11H14N4O/c1-8-5-9(3-4-11(8)16)12-6-10-7-13-14-15(10)2/h3-5,7,12,16H,6H2,1-2H3. The van der Waals surface area contributed by atoms with Crippen LogP contribution in [-0.4, -0.2) is 20.1 Å². The zero-order valence-corrected chi connectivity index (χ0v) is 9.31. The minimum absolute atomic E-state index is 0.313. The van der Waals surface area contributed by atoms with Gasteiger partial charge in [-0.3, -0.25) is 4.68 Å². The molecule has 5 heteroatoms. The molecule has 0 unspecified atom stereocenters. The van der Waals surface area contributed by atoms with Gasteiger partial charge in [0.05, 0.1) is 18.4 Å². The molecule has 0 saturated heterocycles. The van der Waals surface area contributed by atoms with Crippen molar-refractivity contribution < 1.29 is 5.11 Å². The van der Waals surface area contributed by atoms with Crippen LogP contribution in [0.4, 0.5) is 5.69 Å². The number of nitrogens with one attached hydrogen (secondary N) is 1. The molecule has 0 fully saturated rings. The van der Waals surface area contributed by atoms with E-state index < -0.39 is 0 Å². The first kappa shape index (κ1) is 10.5. The summed E-state index contributed by atoms with van der Waals surface area (Å²) in [7, 11) is 1.85. The molecule has 2 aromatic rings. The first-order valence-electron chi connectivity index (χ1n) is 5.04. The first-order chi connectivity index (χ1) is 7.66. The highest BCUT2D eigenvalue weighted by Crippen LogP contribution is 2.20. The van der Waals surface area contributed by atoms with Crippen molar-refractivity contribution in [1.82, 2.24) is 15.0 Å². The van der Waals surface area contributed by atoms with Crippen LogP contribution < -0.4 is 5.32 Å². The number of hydrogen-bond donors (Lipinski definition) is 2. The molecule has 0 amide bonds. The van der Waals surface area contributed by atoms with Gasteiger partial charge >= 0.3 is 0 Å². The number of benzene rings is 1. The lowest BCUT2D eigenvalue weighted by Gasteiger charge is -2.07. The Morgan fingerprint density at radius 3 is 2.88 bits per heavy atom. The average molecular weight is 218 g/mol. The summed E-state index contributed by atoms with van der Waals surface area (Å²) >= 11 is 0. The highest BCUT2D eigenvalue weighted by Gasteiger charge is 2.01. The number of aromatic nitrogens is 3. The van der Waals surface area contributed by atoms with E-state index in [1.807, 2.05) is 26.1 Å². The van der Waals surface area contributed by atoms with E-state index in [0.717, 1.165) is 16.9 Å². The largest absolute Gasteiger partial charge is 0.508 e. The van der Waals surface area contributed by atoms with Gasteiger partial charge < -0.3 is 10.4 Å². The highest BCUT2D eigenvalue weighted by molar-refractivity contribution is 5.50. The van der Waals surface area contributed by atoms with Gasteiger partial charge in [0.15, 0.2) is 0 Å². The van der Waals surface area contributed by atoms with Gasteiger partial charge in [0.25, 0.3) is 0 Å². The number of aryl methyl sites for hydroxylation is 2. The Morgan fingerprint density at radius 2 is 2.25 bits per heavy atom. The van der Waals surface area contributed by atoms with E-state index in [1.165, 1.54) is 0 Å². The van der Waals surface area contributed by atoms with Crippen LogP contribution in [0, 0.1) is 6.92 Å². The molecule has 2 N–H and O–H groups in total. The van der Waals surface area contributed by atoms with Crippen LogP contribution in [0.25, 0.3) is 0 Å². The minimum Gasteiger partial charge on any atom is -0.508 e. The second-order valence-electron chi connectivity index (χ2n) is 3.70. The summed E-state index contributed by atoms with van der Waals surface area (Å²) in [6.45, 7) is 2.53. The quantitative estimate of drug-likeness (QED) is 0.765. The fraction of sp³-hybridized carbons (Fsp3) is 0.273. The molecule has 0 aliphatic carbocycles. The van der Waals surface area contributed by atoms with E-state index in [1.54, 1.807) is 16.9 Å². The fourth-order valence-corrected chi connectivity index (χ4v) is 1.43. The summed E-state index contributed by atoms with van der Waals surface area (Å²) in [5, 5.41) is 20.3. The Bertz CT molecular complexity index is 492. The van der Waals surface area contributed by atoms with Crippen molar-refractivity contribution in [1.29, 1.82) is 0 Å². The van der Waals surface area contributed by atoms with E-state index in [-0.39, 0.29) is 0 Å². The number of anilines is 1. The number of phenolic OH excluding ortho intramolecular Hbond substituents is 1. The predicted molar refractivity (Wildman–Crippen MR) is 61.2 cm³/mol. The molecule has 1 heterocycles. The average Bonchev–Trinajstić information content (AvgIpc) is 2.66. The maximum Gasteiger partial charge on any atom is 0.118 e. The van der Waals surface area contributed by atoms with E-state index in [4.69, 9.17) is 0 Å². The van der Waals surface area contributed by atoms with Crippen molar-refractivity contribution in [2.24, 2.45) is 7.05 Å². The normalized spacial score (nSPS) is 10.4. The van der Waals surface area contributed by atoms with E-state index in [2.05, 4.69) is 15.6 Å². The van der Waals surface area contributed by atoms with Crippen molar-refractivity contribution in [2.75, 3.05) is 5.32 Å². The Kier molecular flexibility index (Phi) is 2.76. The summed E-state index contributed by atoms with van der Waals surface area (Å²) in [6, 6.07) is 5.42. The smallest absolute Gasteiger partial charge is 0.118 e. The number of rotatable bonds is 3. The van der Waals surface area contributed by atoms with Gasteiger partial charge in [-0.15, -0.1) is 5.10 Å². The molecule has 1 aromatic carbocycles. The lowest BCUT2D eigenvalue weighted by molar-refractivity contribution is 0.471. The van der Waals surface area contributed by atoms with Gasteiger partial charge in [-0.2, -0.15) is 0 Å². The third kappa shape index (κ3) is 2.13. The summed E-state index contributed by atoms with van der Waals surface area (Å²) < 4.78 is 1.72. The zero-order chi connectivity index (χ0) is 11.5. The van der Waals surface area contributed by atoms with Gasteiger partial charge in [-0.1, -0.05) is 5.21 Å². The van der Waals surface area contributed by atoms with Gasteiger partial charge in [-0.25, -0.2) is 0 Å². The maximum atomic E-state index is 9.39. The van der Waals surface area contributed by atoms with Crippen molar-refractivity contribution in [2.45, 2.75) is 13.5 Å². The highest BCUT2D eigenvalue weighted by atomic mass is 16.3. The van der Waals surface area contributed by atoms with Gasteiger partial charge in [0, 0.05) is 12.7 Å². The molecular weight excluding hydrogens is 204 g/mol. The van der Waals surface area contributed by atoms with Crippen LogP contribution in [-0.2, 0) is 13.6 Å². The summed E-state index contributed by atoms with van der Waals surface area (Å²) in [6.07, 6.45) is 1.72. The molecule has 16 heavy (non-hydrogen) atoms. The van der Waals surface area contributed by atoms with Crippen LogP contribution in [0.1, 0.15) is 11.3 Å². The molecule has 0 aliphatic heterocycles. The summed E-state index contributed by atoms with van der Waals surface area (Å²) in [5.41, 5.74) is 2.83. The third-order valence-corrected chi connectivity index (χ3v) is 2.48. The van der Waals surface area contributed by atoms with Crippen molar-refractivity contribution in [3.05, 3.63) is 35.7 Å². The predicted octanol–water partition coefficient (Wildman–Crippen LogP) is 1.44. The SMILES string of the molecule is Cc1cc(NCc2cnnn2C)ccc1O. The van der Waals surface area contributed by atoms with Crippen LogP contribution in [0.15, 0.2) is 24.4 Å². The van der Waals surface area contributed by atoms with E-state index in [9.17, 15) is 5.11 Å². The molecule has 5 nitrogen and oxygen atoms in total. The molecule has 0 atom stereocenters. The molecule has 0 bridgehead atoms. The number of hydrogen-bond acceptors (Lipinski definition) is 4. The monoisotopic (exact) mass is 218 g/mol. The van der Waals surface area contributed by atoms with Crippen LogP contribution in [0.2, 0.25) is 0 Å². The second-order valence-corrected chi connectivity index (χ2v) is 3.70. The number of nitrogens with zero attached hydrogens (tertiary/aromatic N) is 3. The van der Waals surface area contributed by atoms with E-state index in [0.29, 0.717) is 12.3 Å². The third-order valence-electron chi connectivity index (χ3n) is 2.48. The lowest BCUT2D eigenvalue weighted by Crippen LogP contribution is -2.05. The molecule has 2 rings (SSSR count). The second kappa shape index (κ2) is 4.22. The Morgan fingerprint density at radius 1 is 1.44 bits per heavy atom. The molecule has 0 spiro atoms. The number of aromatic hydroxyl groups is 1. The van der Waals surface area contributed by atoms with Crippen molar-refractivity contribution >= 4 is 5.69 Å². The van der Waals surface area contributed by atoms with E-state index >= 15 is 0 Å². The van der Waals surface area contributed by atoms with Crippen LogP contribution in [0.5, 0.6) is 5.75 Å². The van der Waals surface area contributed by atoms with Gasteiger partial charge in [0.2, 0.25) is 0 Å². The number of phenols is 1. The molecule has 0 saturated carbocycles. The molecule has 1 aromatic heterocycles. The Labute approximate surface area is 93.7 Å². The topological polar surface area (TPSA) is 63.0 Å². The van der Waals surface area contributed by atoms with Gasteiger partial charge in [-0.05, 0) is 30.7 Å².